The standard InChI is InChI=1S/C11H21N7O/c1-8(7-18-2-4-19-5-3-18)14-9-6-10(17-13)16-11(12)15-9/h6,8H,2-5,7,13H2,1H3,(H4,12,14,15,16,17). The van der Waals surface area contributed by atoms with Gasteiger partial charge in [-0.1, -0.05) is 0 Å². The summed E-state index contributed by atoms with van der Waals surface area (Å²) in [6, 6.07) is 1.98. The Balaban J connectivity index is 1.90. The van der Waals surface area contributed by atoms with Crippen LogP contribution in [0.25, 0.3) is 0 Å². The van der Waals surface area contributed by atoms with Crippen LogP contribution in [0.3, 0.4) is 0 Å². The Morgan fingerprint density at radius 1 is 1.37 bits per heavy atom. The molecule has 0 saturated carbocycles. The van der Waals surface area contributed by atoms with E-state index in [1.165, 1.54) is 0 Å². The maximum Gasteiger partial charge on any atom is 0.223 e. The van der Waals surface area contributed by atoms with Crippen LogP contribution in [0.5, 0.6) is 0 Å². The van der Waals surface area contributed by atoms with Crippen molar-refractivity contribution in [3.63, 3.8) is 0 Å². The third-order valence-electron chi connectivity index (χ3n) is 2.92. The van der Waals surface area contributed by atoms with Crippen molar-refractivity contribution in [3.8, 4) is 0 Å². The Morgan fingerprint density at radius 3 is 2.74 bits per heavy atom. The van der Waals surface area contributed by atoms with Crippen molar-refractivity contribution in [2.24, 2.45) is 5.84 Å². The van der Waals surface area contributed by atoms with E-state index in [1.807, 2.05) is 0 Å². The van der Waals surface area contributed by atoms with Crippen molar-refractivity contribution < 1.29 is 4.74 Å². The van der Waals surface area contributed by atoms with Gasteiger partial charge in [-0.15, -0.1) is 0 Å². The molecule has 2 heterocycles. The molecule has 0 spiro atoms. The molecule has 1 aromatic heterocycles. The number of nitrogen functional groups attached to an aromatic ring is 2. The Morgan fingerprint density at radius 2 is 2.05 bits per heavy atom. The first-order valence-electron chi connectivity index (χ1n) is 6.35. The summed E-state index contributed by atoms with van der Waals surface area (Å²) in [6.07, 6.45) is 0. The second-order valence-electron chi connectivity index (χ2n) is 4.60. The van der Waals surface area contributed by atoms with Gasteiger partial charge in [0.2, 0.25) is 5.95 Å². The van der Waals surface area contributed by atoms with E-state index in [4.69, 9.17) is 16.3 Å². The van der Waals surface area contributed by atoms with Crippen molar-refractivity contribution in [1.29, 1.82) is 0 Å². The molecular weight excluding hydrogens is 246 g/mol. The number of hydrogen-bond donors (Lipinski definition) is 4. The van der Waals surface area contributed by atoms with Gasteiger partial charge in [0.25, 0.3) is 0 Å². The Labute approximate surface area is 112 Å². The van der Waals surface area contributed by atoms with Gasteiger partial charge in [0.1, 0.15) is 11.6 Å². The molecule has 8 nitrogen and oxygen atoms in total. The summed E-state index contributed by atoms with van der Waals surface area (Å²) in [6.45, 7) is 6.56. The van der Waals surface area contributed by atoms with Crippen LogP contribution < -0.4 is 22.3 Å². The lowest BCUT2D eigenvalue weighted by Gasteiger charge is -2.29. The molecule has 0 bridgehead atoms. The molecule has 1 aromatic rings. The second kappa shape index (κ2) is 6.50. The van der Waals surface area contributed by atoms with Gasteiger partial charge in [-0.3, -0.25) is 4.90 Å². The molecule has 1 aliphatic rings. The van der Waals surface area contributed by atoms with Gasteiger partial charge in [-0.25, -0.2) is 5.84 Å². The van der Waals surface area contributed by atoms with Crippen LogP contribution in [0.1, 0.15) is 6.92 Å². The van der Waals surface area contributed by atoms with E-state index in [2.05, 4.69) is 32.5 Å². The monoisotopic (exact) mass is 267 g/mol. The van der Waals surface area contributed by atoms with Crippen molar-refractivity contribution in [3.05, 3.63) is 6.07 Å². The summed E-state index contributed by atoms with van der Waals surface area (Å²) in [7, 11) is 0. The lowest BCUT2D eigenvalue weighted by atomic mass is 10.3. The van der Waals surface area contributed by atoms with Gasteiger partial charge in [0, 0.05) is 31.7 Å². The molecule has 1 saturated heterocycles. The van der Waals surface area contributed by atoms with E-state index in [0.29, 0.717) is 11.6 Å². The summed E-state index contributed by atoms with van der Waals surface area (Å²) in [4.78, 5) is 10.4. The fourth-order valence-corrected chi connectivity index (χ4v) is 2.08. The number of nitrogens with two attached hydrogens (primary N) is 2. The SMILES string of the molecule is CC(CN1CCOCC1)Nc1cc(NN)nc(N)n1. The van der Waals surface area contributed by atoms with Crippen LogP contribution in [0.15, 0.2) is 6.07 Å². The normalized spacial score (nSPS) is 18.0. The summed E-state index contributed by atoms with van der Waals surface area (Å²) < 4.78 is 5.32. The predicted molar refractivity (Wildman–Crippen MR) is 74.6 cm³/mol. The van der Waals surface area contributed by atoms with Gasteiger partial charge >= 0.3 is 0 Å². The van der Waals surface area contributed by atoms with E-state index in [9.17, 15) is 0 Å². The number of hydrogen-bond acceptors (Lipinski definition) is 8. The van der Waals surface area contributed by atoms with E-state index in [1.54, 1.807) is 6.07 Å². The second-order valence-corrected chi connectivity index (χ2v) is 4.60. The highest BCUT2D eigenvalue weighted by Crippen LogP contribution is 2.12. The maximum absolute atomic E-state index is 5.61. The highest BCUT2D eigenvalue weighted by molar-refractivity contribution is 5.50. The topological polar surface area (TPSA) is 114 Å². The Kier molecular flexibility index (Phi) is 4.72. The van der Waals surface area contributed by atoms with Crippen LogP contribution in [-0.4, -0.2) is 53.8 Å². The zero-order valence-corrected chi connectivity index (χ0v) is 11.1. The van der Waals surface area contributed by atoms with Crippen molar-refractivity contribution in [2.45, 2.75) is 13.0 Å². The lowest BCUT2D eigenvalue weighted by molar-refractivity contribution is 0.0368. The molecule has 0 aromatic carbocycles. The molecule has 6 N–H and O–H groups in total. The average Bonchev–Trinajstić information content (AvgIpc) is 2.38. The molecule has 1 unspecified atom stereocenters. The average molecular weight is 267 g/mol. The molecule has 1 aliphatic heterocycles. The highest BCUT2D eigenvalue weighted by atomic mass is 16.5. The zero-order valence-electron chi connectivity index (χ0n) is 11.1. The molecule has 106 valence electrons. The van der Waals surface area contributed by atoms with Crippen LogP contribution in [-0.2, 0) is 4.74 Å². The van der Waals surface area contributed by atoms with Crippen LogP contribution in [0.2, 0.25) is 0 Å². The number of hydrazine groups is 1. The smallest absolute Gasteiger partial charge is 0.223 e. The van der Waals surface area contributed by atoms with Crippen molar-refractivity contribution in [1.82, 2.24) is 14.9 Å². The van der Waals surface area contributed by atoms with E-state index < -0.39 is 0 Å². The molecule has 19 heavy (non-hydrogen) atoms. The Bertz CT molecular complexity index is 408. The first kappa shape index (κ1) is 13.8. The molecule has 0 aliphatic carbocycles. The fraction of sp³-hybridized carbons (Fsp3) is 0.636. The summed E-state index contributed by atoms with van der Waals surface area (Å²) in [5, 5.41) is 3.30. The quantitative estimate of drug-likeness (QED) is 0.416. The maximum atomic E-state index is 5.61. The third-order valence-corrected chi connectivity index (χ3v) is 2.92. The molecule has 8 heteroatoms. The van der Waals surface area contributed by atoms with Gasteiger partial charge in [0.15, 0.2) is 0 Å². The highest BCUT2D eigenvalue weighted by Gasteiger charge is 2.14. The number of nitrogens with one attached hydrogen (secondary N) is 2. The van der Waals surface area contributed by atoms with E-state index in [0.717, 1.165) is 32.8 Å². The predicted octanol–water partition coefficient (Wildman–Crippen LogP) is -0.523. The van der Waals surface area contributed by atoms with Crippen LogP contribution in [0, 0.1) is 0 Å². The number of aromatic nitrogens is 2. The largest absolute Gasteiger partial charge is 0.379 e. The minimum Gasteiger partial charge on any atom is -0.379 e. The molecule has 0 amide bonds. The van der Waals surface area contributed by atoms with Crippen LogP contribution >= 0.6 is 0 Å². The molecular formula is C11H21N7O. The molecule has 0 radical (unpaired) electrons. The minimum absolute atomic E-state index is 0.191. The van der Waals surface area contributed by atoms with Crippen molar-refractivity contribution >= 4 is 17.6 Å². The van der Waals surface area contributed by atoms with Crippen LogP contribution in [0.4, 0.5) is 17.6 Å². The first-order valence-corrected chi connectivity index (χ1v) is 6.35. The lowest BCUT2D eigenvalue weighted by Crippen LogP contribution is -2.42. The summed E-state index contributed by atoms with van der Waals surface area (Å²) in [5.41, 5.74) is 8.08. The van der Waals surface area contributed by atoms with Gasteiger partial charge in [-0.2, -0.15) is 9.97 Å². The number of ether oxygens (including phenoxy) is 1. The fourth-order valence-electron chi connectivity index (χ4n) is 2.08. The first-order chi connectivity index (χ1) is 9.17. The molecule has 1 atom stereocenters. The van der Waals surface area contributed by atoms with E-state index in [-0.39, 0.29) is 12.0 Å². The van der Waals surface area contributed by atoms with E-state index >= 15 is 0 Å². The van der Waals surface area contributed by atoms with Gasteiger partial charge < -0.3 is 21.2 Å². The molecule has 1 fully saturated rings. The third kappa shape index (κ3) is 4.19. The summed E-state index contributed by atoms with van der Waals surface area (Å²) >= 11 is 0. The van der Waals surface area contributed by atoms with Gasteiger partial charge in [-0.05, 0) is 6.92 Å². The zero-order chi connectivity index (χ0) is 13.7. The summed E-state index contributed by atoms with van der Waals surface area (Å²) in [5.74, 6) is 6.68. The molecule has 2 rings (SSSR count). The van der Waals surface area contributed by atoms with Crippen molar-refractivity contribution in [2.75, 3.05) is 49.3 Å². The number of nitrogens with zero attached hydrogens (tertiary/aromatic N) is 3. The van der Waals surface area contributed by atoms with Gasteiger partial charge in [0.05, 0.1) is 13.2 Å². The number of morpholine rings is 1. The minimum atomic E-state index is 0.191. The number of anilines is 3. The Hall–Kier alpha value is -1.64. The number of rotatable bonds is 5.